The number of hydrogen-bond donors (Lipinski definition) is 2. The summed E-state index contributed by atoms with van der Waals surface area (Å²) in [7, 11) is 0. The van der Waals surface area contributed by atoms with Crippen LogP contribution in [0.1, 0.15) is 37.7 Å². The molecular weight excluding hydrogens is 295 g/mol. The molecule has 1 saturated carbocycles. The van der Waals surface area contributed by atoms with E-state index >= 15 is 0 Å². The van der Waals surface area contributed by atoms with Crippen molar-refractivity contribution < 1.29 is 14.3 Å². The Labute approximate surface area is 136 Å². The summed E-state index contributed by atoms with van der Waals surface area (Å²) < 4.78 is 12.9. The maximum atomic E-state index is 12.9. The van der Waals surface area contributed by atoms with Crippen LogP contribution < -0.4 is 5.32 Å². The predicted octanol–water partition coefficient (Wildman–Crippen LogP) is 2.91. The third-order valence-corrected chi connectivity index (χ3v) is 5.06. The molecule has 0 aromatic heterocycles. The second kappa shape index (κ2) is 6.87. The topological polar surface area (TPSA) is 52.6 Å². The zero-order valence-electron chi connectivity index (χ0n) is 13.4. The SMILES string of the molecule is O=C(NCc1ccc(F)cc1)N1CCCC(CO)(CC2CC2)C1. The van der Waals surface area contributed by atoms with E-state index < -0.39 is 0 Å². The van der Waals surface area contributed by atoms with E-state index in [9.17, 15) is 14.3 Å². The number of halogens is 1. The number of amides is 2. The standard InChI is InChI=1S/C18H25FN2O2/c19-16-6-4-15(5-7-16)11-20-17(23)21-9-1-8-18(12-21,13-22)10-14-2-3-14/h4-7,14,22H,1-3,8-13H2,(H,20,23). The van der Waals surface area contributed by atoms with Gasteiger partial charge in [-0.2, -0.15) is 0 Å². The van der Waals surface area contributed by atoms with Crippen molar-refractivity contribution in [2.45, 2.75) is 38.6 Å². The Morgan fingerprint density at radius 2 is 2.09 bits per heavy atom. The van der Waals surface area contributed by atoms with E-state index in [-0.39, 0.29) is 23.9 Å². The van der Waals surface area contributed by atoms with Crippen LogP contribution in [0.4, 0.5) is 9.18 Å². The molecule has 4 nitrogen and oxygen atoms in total. The summed E-state index contributed by atoms with van der Waals surface area (Å²) >= 11 is 0. The van der Waals surface area contributed by atoms with Gasteiger partial charge in [0.25, 0.3) is 0 Å². The number of rotatable bonds is 5. The highest BCUT2D eigenvalue weighted by atomic mass is 19.1. The Bertz CT molecular complexity index is 544. The molecule has 1 heterocycles. The molecule has 1 aromatic carbocycles. The maximum Gasteiger partial charge on any atom is 0.317 e. The molecule has 0 spiro atoms. The van der Waals surface area contributed by atoms with Gasteiger partial charge in [-0.1, -0.05) is 25.0 Å². The number of likely N-dealkylation sites (tertiary alicyclic amines) is 1. The minimum Gasteiger partial charge on any atom is -0.396 e. The second-order valence-electron chi connectivity index (χ2n) is 7.12. The lowest BCUT2D eigenvalue weighted by molar-refractivity contribution is 0.0357. The van der Waals surface area contributed by atoms with Crippen molar-refractivity contribution in [1.82, 2.24) is 10.2 Å². The normalized spacial score (nSPS) is 24.5. The van der Waals surface area contributed by atoms with Gasteiger partial charge in [-0.25, -0.2) is 9.18 Å². The number of nitrogens with zero attached hydrogens (tertiary/aromatic N) is 1. The number of piperidine rings is 1. The van der Waals surface area contributed by atoms with Crippen LogP contribution in [0.3, 0.4) is 0 Å². The molecule has 1 unspecified atom stereocenters. The van der Waals surface area contributed by atoms with Gasteiger partial charge in [0.05, 0.1) is 6.61 Å². The predicted molar refractivity (Wildman–Crippen MR) is 86.3 cm³/mol. The zero-order chi connectivity index (χ0) is 16.3. The lowest BCUT2D eigenvalue weighted by Crippen LogP contribution is -2.51. The van der Waals surface area contributed by atoms with E-state index in [0.717, 1.165) is 37.3 Å². The van der Waals surface area contributed by atoms with E-state index in [1.165, 1.54) is 25.0 Å². The van der Waals surface area contributed by atoms with Crippen LogP contribution in [0, 0.1) is 17.2 Å². The Morgan fingerprint density at radius 1 is 1.35 bits per heavy atom. The Kier molecular flexibility index (Phi) is 4.85. The van der Waals surface area contributed by atoms with Crippen molar-refractivity contribution in [1.29, 1.82) is 0 Å². The number of aliphatic hydroxyl groups excluding tert-OH is 1. The van der Waals surface area contributed by atoms with Crippen molar-refractivity contribution in [3.63, 3.8) is 0 Å². The van der Waals surface area contributed by atoms with Crippen molar-refractivity contribution in [2.75, 3.05) is 19.7 Å². The van der Waals surface area contributed by atoms with Crippen LogP contribution in [-0.4, -0.2) is 35.7 Å². The molecule has 2 aliphatic rings. The third-order valence-electron chi connectivity index (χ3n) is 5.06. The Balaban J connectivity index is 1.54. The maximum absolute atomic E-state index is 12.9. The largest absolute Gasteiger partial charge is 0.396 e. The minimum atomic E-state index is -0.274. The molecule has 126 valence electrons. The summed E-state index contributed by atoms with van der Waals surface area (Å²) in [5.74, 6) is 0.466. The lowest BCUT2D eigenvalue weighted by atomic mass is 9.76. The molecule has 2 amide bonds. The highest BCUT2D eigenvalue weighted by Crippen LogP contribution is 2.44. The first kappa shape index (κ1) is 16.2. The molecule has 1 saturated heterocycles. The monoisotopic (exact) mass is 320 g/mol. The fourth-order valence-corrected chi connectivity index (χ4v) is 3.57. The zero-order valence-corrected chi connectivity index (χ0v) is 13.4. The van der Waals surface area contributed by atoms with Gasteiger partial charge in [0, 0.05) is 25.0 Å². The fraction of sp³-hybridized carbons (Fsp3) is 0.611. The van der Waals surface area contributed by atoms with Gasteiger partial charge < -0.3 is 15.3 Å². The van der Waals surface area contributed by atoms with Gasteiger partial charge in [-0.05, 0) is 42.9 Å². The molecule has 5 heteroatoms. The van der Waals surface area contributed by atoms with Gasteiger partial charge in [0.2, 0.25) is 0 Å². The van der Waals surface area contributed by atoms with Gasteiger partial charge in [-0.15, -0.1) is 0 Å². The quantitative estimate of drug-likeness (QED) is 0.876. The van der Waals surface area contributed by atoms with E-state index in [0.29, 0.717) is 13.1 Å². The fourth-order valence-electron chi connectivity index (χ4n) is 3.57. The molecular formula is C18H25FN2O2. The first-order valence-electron chi connectivity index (χ1n) is 8.48. The number of nitrogens with one attached hydrogen (secondary N) is 1. The molecule has 2 fully saturated rings. The number of aliphatic hydroxyl groups is 1. The van der Waals surface area contributed by atoms with Gasteiger partial charge in [0.15, 0.2) is 0 Å². The number of hydrogen-bond acceptors (Lipinski definition) is 2. The van der Waals surface area contributed by atoms with Crippen LogP contribution in [0.2, 0.25) is 0 Å². The molecule has 23 heavy (non-hydrogen) atoms. The average Bonchev–Trinajstić information content (AvgIpc) is 3.38. The van der Waals surface area contributed by atoms with Crippen molar-refractivity contribution in [3.8, 4) is 0 Å². The van der Waals surface area contributed by atoms with Crippen LogP contribution in [-0.2, 0) is 6.54 Å². The smallest absolute Gasteiger partial charge is 0.317 e. The van der Waals surface area contributed by atoms with Gasteiger partial charge in [0.1, 0.15) is 5.82 Å². The third kappa shape index (κ3) is 4.22. The molecule has 1 aromatic rings. The number of urea groups is 1. The minimum absolute atomic E-state index is 0.0948. The van der Waals surface area contributed by atoms with Crippen molar-refractivity contribution in [2.24, 2.45) is 11.3 Å². The van der Waals surface area contributed by atoms with Crippen LogP contribution >= 0.6 is 0 Å². The summed E-state index contributed by atoms with van der Waals surface area (Å²) in [4.78, 5) is 14.2. The molecule has 1 aliphatic heterocycles. The second-order valence-corrected chi connectivity index (χ2v) is 7.12. The Hall–Kier alpha value is -1.62. The molecule has 1 aliphatic carbocycles. The summed E-state index contributed by atoms with van der Waals surface area (Å²) in [5, 5.41) is 12.8. The van der Waals surface area contributed by atoms with Crippen LogP contribution in [0.5, 0.6) is 0 Å². The van der Waals surface area contributed by atoms with Crippen molar-refractivity contribution in [3.05, 3.63) is 35.6 Å². The van der Waals surface area contributed by atoms with Crippen LogP contribution in [0.15, 0.2) is 24.3 Å². The first-order valence-corrected chi connectivity index (χ1v) is 8.48. The number of carbonyl (C=O) groups is 1. The van der Waals surface area contributed by atoms with Gasteiger partial charge >= 0.3 is 6.03 Å². The van der Waals surface area contributed by atoms with E-state index in [1.807, 2.05) is 4.90 Å². The number of carbonyl (C=O) groups excluding carboxylic acids is 1. The molecule has 2 N–H and O–H groups in total. The molecule has 0 bridgehead atoms. The van der Waals surface area contributed by atoms with E-state index in [2.05, 4.69) is 5.32 Å². The highest BCUT2D eigenvalue weighted by molar-refractivity contribution is 5.74. The summed E-state index contributed by atoms with van der Waals surface area (Å²) in [6, 6.07) is 6.06. The summed E-state index contributed by atoms with van der Waals surface area (Å²) in [6.07, 6.45) is 5.50. The van der Waals surface area contributed by atoms with Gasteiger partial charge in [-0.3, -0.25) is 0 Å². The molecule has 1 atom stereocenters. The van der Waals surface area contributed by atoms with Crippen LogP contribution in [0.25, 0.3) is 0 Å². The Morgan fingerprint density at radius 3 is 2.74 bits per heavy atom. The average molecular weight is 320 g/mol. The first-order chi connectivity index (χ1) is 11.1. The number of benzene rings is 1. The highest BCUT2D eigenvalue weighted by Gasteiger charge is 2.40. The van der Waals surface area contributed by atoms with E-state index in [4.69, 9.17) is 0 Å². The summed E-state index contributed by atoms with van der Waals surface area (Å²) in [5.41, 5.74) is 0.760. The molecule has 3 rings (SSSR count). The van der Waals surface area contributed by atoms with Crippen molar-refractivity contribution >= 4 is 6.03 Å². The molecule has 0 radical (unpaired) electrons. The van der Waals surface area contributed by atoms with E-state index in [1.54, 1.807) is 12.1 Å². The lowest BCUT2D eigenvalue weighted by Gasteiger charge is -2.42. The summed E-state index contributed by atoms with van der Waals surface area (Å²) in [6.45, 7) is 1.92.